The Morgan fingerprint density at radius 2 is 2.00 bits per heavy atom. The number of rotatable bonds is 5. The maximum atomic E-state index is 11.9. The molecule has 0 radical (unpaired) electrons. The Morgan fingerprint density at radius 1 is 1.32 bits per heavy atom. The van der Waals surface area contributed by atoms with Gasteiger partial charge in [0.25, 0.3) is 5.91 Å². The molecule has 1 fully saturated rings. The summed E-state index contributed by atoms with van der Waals surface area (Å²) in [5.74, 6) is 0.876. The van der Waals surface area contributed by atoms with E-state index in [0.29, 0.717) is 17.1 Å². The zero-order valence-corrected chi connectivity index (χ0v) is 14.0. The van der Waals surface area contributed by atoms with Crippen molar-refractivity contribution < 1.29 is 9.53 Å². The smallest absolute Gasteiger partial charge is 0.264 e. The van der Waals surface area contributed by atoms with E-state index in [9.17, 15) is 4.79 Å². The first-order valence-electron chi connectivity index (χ1n) is 7.88. The number of carbonyl (C=O) groups excluding carboxylic acids is 1. The number of amides is 1. The van der Waals surface area contributed by atoms with E-state index in [0.717, 1.165) is 24.2 Å². The molecule has 0 aliphatic heterocycles. The largest absolute Gasteiger partial charge is 0.483 e. The van der Waals surface area contributed by atoms with Crippen LogP contribution >= 0.6 is 12.2 Å². The fraction of sp³-hybridized carbons (Fsp3) is 0.529. The van der Waals surface area contributed by atoms with Gasteiger partial charge in [0, 0.05) is 6.04 Å². The quantitative estimate of drug-likeness (QED) is 0.819. The van der Waals surface area contributed by atoms with Crippen LogP contribution in [-0.4, -0.2) is 23.7 Å². The summed E-state index contributed by atoms with van der Waals surface area (Å²) in [5, 5.41) is 6.26. The van der Waals surface area contributed by atoms with E-state index < -0.39 is 0 Å². The zero-order valence-electron chi connectivity index (χ0n) is 13.2. The Kier molecular flexibility index (Phi) is 6.19. The average molecular weight is 320 g/mol. The zero-order chi connectivity index (χ0) is 15.9. The van der Waals surface area contributed by atoms with Crippen molar-refractivity contribution in [1.82, 2.24) is 10.6 Å². The first-order chi connectivity index (χ1) is 10.6. The average Bonchev–Trinajstić information content (AvgIpc) is 2.98. The number of nitrogens with one attached hydrogen (secondary N) is 2. The highest BCUT2D eigenvalue weighted by Crippen LogP contribution is 2.25. The lowest BCUT2D eigenvalue weighted by atomic mass is 10.0. The van der Waals surface area contributed by atoms with Gasteiger partial charge in [-0.1, -0.05) is 44.9 Å². The molecule has 1 aromatic carbocycles. The minimum Gasteiger partial charge on any atom is -0.483 e. The van der Waals surface area contributed by atoms with Gasteiger partial charge in [-0.3, -0.25) is 4.79 Å². The van der Waals surface area contributed by atoms with Crippen LogP contribution in [0.15, 0.2) is 24.3 Å². The number of benzene rings is 1. The van der Waals surface area contributed by atoms with Gasteiger partial charge in [-0.05, 0) is 42.6 Å². The monoisotopic (exact) mass is 320 g/mol. The number of para-hydroxylation sites is 1. The fourth-order valence-corrected chi connectivity index (χ4v) is 2.97. The Morgan fingerprint density at radius 3 is 2.68 bits per heavy atom. The van der Waals surface area contributed by atoms with Gasteiger partial charge in [-0.15, -0.1) is 0 Å². The van der Waals surface area contributed by atoms with Crippen LogP contribution in [0.5, 0.6) is 5.75 Å². The van der Waals surface area contributed by atoms with Crippen molar-refractivity contribution in [1.29, 1.82) is 0 Å². The molecule has 1 aliphatic carbocycles. The lowest BCUT2D eigenvalue weighted by Crippen LogP contribution is -2.44. The number of hydrogen-bond acceptors (Lipinski definition) is 3. The third-order valence-corrected chi connectivity index (χ3v) is 4.06. The summed E-state index contributed by atoms with van der Waals surface area (Å²) in [6.45, 7) is 4.17. The first-order valence-corrected chi connectivity index (χ1v) is 8.29. The molecule has 0 saturated heterocycles. The van der Waals surface area contributed by atoms with Gasteiger partial charge in [-0.2, -0.15) is 0 Å². The van der Waals surface area contributed by atoms with Gasteiger partial charge in [0.2, 0.25) is 0 Å². The van der Waals surface area contributed by atoms with Gasteiger partial charge in [0.1, 0.15) is 5.75 Å². The van der Waals surface area contributed by atoms with Crippen molar-refractivity contribution in [2.75, 3.05) is 6.61 Å². The summed E-state index contributed by atoms with van der Waals surface area (Å²) < 4.78 is 5.63. The van der Waals surface area contributed by atoms with E-state index in [1.54, 1.807) is 0 Å². The summed E-state index contributed by atoms with van der Waals surface area (Å²) in [6.07, 6.45) is 4.69. The molecule has 0 bridgehead atoms. The summed E-state index contributed by atoms with van der Waals surface area (Å²) in [4.78, 5) is 11.9. The molecule has 0 spiro atoms. The molecular weight excluding hydrogens is 296 g/mol. The molecular formula is C17H24N2O2S. The van der Waals surface area contributed by atoms with E-state index in [-0.39, 0.29) is 12.5 Å². The van der Waals surface area contributed by atoms with E-state index in [1.165, 1.54) is 12.8 Å². The van der Waals surface area contributed by atoms with Crippen LogP contribution in [0.25, 0.3) is 0 Å². The molecule has 0 atom stereocenters. The minimum atomic E-state index is -0.228. The van der Waals surface area contributed by atoms with E-state index in [4.69, 9.17) is 17.0 Å². The summed E-state index contributed by atoms with van der Waals surface area (Å²) in [6, 6.07) is 8.19. The number of hydrogen-bond donors (Lipinski definition) is 2. The predicted molar refractivity (Wildman–Crippen MR) is 92.2 cm³/mol. The Labute approximate surface area is 137 Å². The molecule has 2 rings (SSSR count). The topological polar surface area (TPSA) is 50.4 Å². The number of thiocarbonyl (C=S) groups is 1. The van der Waals surface area contributed by atoms with Crippen molar-refractivity contribution in [3.05, 3.63) is 29.8 Å². The molecule has 4 nitrogen and oxygen atoms in total. The van der Waals surface area contributed by atoms with Crippen molar-refractivity contribution in [2.45, 2.75) is 51.5 Å². The molecule has 5 heteroatoms. The highest BCUT2D eigenvalue weighted by Gasteiger charge is 2.16. The molecule has 1 amide bonds. The van der Waals surface area contributed by atoms with Gasteiger partial charge in [0.05, 0.1) is 0 Å². The lowest BCUT2D eigenvalue weighted by molar-refractivity contribution is -0.121. The second-order valence-corrected chi connectivity index (χ2v) is 6.39. The van der Waals surface area contributed by atoms with Crippen LogP contribution in [0.4, 0.5) is 0 Å². The molecule has 0 unspecified atom stereocenters. The highest BCUT2D eigenvalue weighted by atomic mass is 32.1. The van der Waals surface area contributed by atoms with Gasteiger partial charge >= 0.3 is 0 Å². The Balaban J connectivity index is 1.79. The second kappa shape index (κ2) is 8.13. The van der Waals surface area contributed by atoms with Crippen molar-refractivity contribution >= 4 is 23.2 Å². The van der Waals surface area contributed by atoms with Crippen LogP contribution in [0.3, 0.4) is 0 Å². The summed E-state index contributed by atoms with van der Waals surface area (Å²) >= 11 is 5.17. The molecule has 0 aromatic heterocycles. The standard InChI is InChI=1S/C17H24N2O2S/c1-12(2)14-9-5-6-10-15(14)21-11-16(20)19-17(22)18-13-7-3-4-8-13/h5-6,9-10,12-13H,3-4,7-8,11H2,1-2H3,(H2,18,19,20,22). The maximum Gasteiger partial charge on any atom is 0.264 e. The SMILES string of the molecule is CC(C)c1ccccc1OCC(=O)NC(=S)NC1CCCC1. The van der Waals surface area contributed by atoms with Gasteiger partial charge in [-0.25, -0.2) is 0 Å². The molecule has 1 aliphatic rings. The lowest BCUT2D eigenvalue weighted by Gasteiger charge is -2.16. The van der Waals surface area contributed by atoms with Crippen LogP contribution < -0.4 is 15.4 Å². The van der Waals surface area contributed by atoms with Crippen LogP contribution in [0.1, 0.15) is 51.0 Å². The van der Waals surface area contributed by atoms with E-state index in [1.807, 2.05) is 24.3 Å². The van der Waals surface area contributed by atoms with Crippen molar-refractivity contribution in [3.8, 4) is 5.75 Å². The fourth-order valence-electron chi connectivity index (χ4n) is 2.69. The predicted octanol–water partition coefficient (Wildman–Crippen LogP) is 3.12. The molecule has 22 heavy (non-hydrogen) atoms. The van der Waals surface area contributed by atoms with Crippen LogP contribution in [0, 0.1) is 0 Å². The molecule has 1 saturated carbocycles. The third-order valence-electron chi connectivity index (χ3n) is 3.84. The van der Waals surface area contributed by atoms with E-state index in [2.05, 4.69) is 24.5 Å². The normalized spacial score (nSPS) is 14.9. The third kappa shape index (κ3) is 4.98. The highest BCUT2D eigenvalue weighted by molar-refractivity contribution is 7.80. The summed E-state index contributed by atoms with van der Waals surface area (Å²) in [5.41, 5.74) is 1.10. The van der Waals surface area contributed by atoms with Crippen LogP contribution in [-0.2, 0) is 4.79 Å². The second-order valence-electron chi connectivity index (χ2n) is 5.98. The Hall–Kier alpha value is -1.62. The number of ether oxygens (including phenoxy) is 1. The van der Waals surface area contributed by atoms with Gasteiger partial charge < -0.3 is 15.4 Å². The molecule has 120 valence electrons. The summed E-state index contributed by atoms with van der Waals surface area (Å²) in [7, 11) is 0. The Bertz CT molecular complexity index is 525. The molecule has 1 aromatic rings. The van der Waals surface area contributed by atoms with Crippen molar-refractivity contribution in [3.63, 3.8) is 0 Å². The first kappa shape index (κ1) is 16.7. The minimum absolute atomic E-state index is 0.0315. The van der Waals surface area contributed by atoms with E-state index >= 15 is 0 Å². The van der Waals surface area contributed by atoms with Gasteiger partial charge in [0.15, 0.2) is 11.7 Å². The van der Waals surface area contributed by atoms with Crippen LogP contribution in [0.2, 0.25) is 0 Å². The van der Waals surface area contributed by atoms with Crippen molar-refractivity contribution in [2.24, 2.45) is 0 Å². The maximum absolute atomic E-state index is 11.9. The molecule has 0 heterocycles. The number of carbonyl (C=O) groups is 1. The molecule has 2 N–H and O–H groups in total.